The van der Waals surface area contributed by atoms with Gasteiger partial charge in [-0.1, -0.05) is 74.0 Å². The Balaban J connectivity index is 1.54. The van der Waals surface area contributed by atoms with E-state index in [9.17, 15) is 0 Å². The zero-order chi connectivity index (χ0) is 20.9. The molecule has 0 amide bonds. The van der Waals surface area contributed by atoms with Crippen molar-refractivity contribution in [2.75, 3.05) is 5.32 Å². The summed E-state index contributed by atoms with van der Waals surface area (Å²) in [5.41, 5.74) is 7.24. The second-order valence-electron chi connectivity index (χ2n) is 6.97. The van der Waals surface area contributed by atoms with E-state index in [0.717, 1.165) is 46.6 Å². The van der Waals surface area contributed by atoms with Crippen LogP contribution in [0.2, 0.25) is 5.02 Å². The fourth-order valence-corrected chi connectivity index (χ4v) is 3.70. The van der Waals surface area contributed by atoms with E-state index in [1.165, 1.54) is 5.56 Å². The summed E-state index contributed by atoms with van der Waals surface area (Å²) < 4.78 is 0. The maximum atomic E-state index is 6.53. The van der Waals surface area contributed by atoms with Gasteiger partial charge in [-0.2, -0.15) is 0 Å². The number of benzene rings is 2. The van der Waals surface area contributed by atoms with Crippen LogP contribution in [0.5, 0.6) is 0 Å². The largest absolute Gasteiger partial charge is 0.380 e. The van der Waals surface area contributed by atoms with Gasteiger partial charge in [-0.25, -0.2) is 5.10 Å². The Hall–Kier alpha value is -3.25. The molecule has 0 fully saturated rings. The molecule has 0 saturated heterocycles. The lowest BCUT2D eigenvalue weighted by molar-refractivity contribution is 0.881. The maximum absolute atomic E-state index is 6.53. The second-order valence-corrected chi connectivity index (χ2v) is 7.35. The van der Waals surface area contributed by atoms with Crippen LogP contribution in [0.3, 0.4) is 0 Å². The van der Waals surface area contributed by atoms with Crippen LogP contribution in [-0.2, 0) is 19.4 Å². The highest BCUT2D eigenvalue weighted by Gasteiger charge is 2.11. The first kappa shape index (κ1) is 20.0. The van der Waals surface area contributed by atoms with Gasteiger partial charge >= 0.3 is 0 Å². The number of hydrogen-bond donors (Lipinski definition) is 2. The van der Waals surface area contributed by atoms with E-state index in [1.807, 2.05) is 24.3 Å². The molecule has 4 rings (SSSR count). The number of anilines is 1. The molecule has 2 aromatic carbocycles. The number of aromatic nitrogens is 5. The van der Waals surface area contributed by atoms with Gasteiger partial charge in [0.15, 0.2) is 5.82 Å². The Morgan fingerprint density at radius 2 is 1.73 bits per heavy atom. The van der Waals surface area contributed by atoms with Gasteiger partial charge in [0.1, 0.15) is 0 Å². The van der Waals surface area contributed by atoms with Crippen molar-refractivity contribution < 1.29 is 0 Å². The Morgan fingerprint density at radius 1 is 0.967 bits per heavy atom. The molecular formula is C23H23ClN6. The number of aromatic amines is 1. The maximum Gasteiger partial charge on any atom is 0.180 e. The van der Waals surface area contributed by atoms with Gasteiger partial charge in [-0.3, -0.25) is 4.98 Å². The monoisotopic (exact) mass is 418 g/mol. The third-order valence-corrected chi connectivity index (χ3v) is 5.47. The summed E-state index contributed by atoms with van der Waals surface area (Å²) in [4.78, 5) is 4.61. The molecule has 7 heteroatoms. The molecule has 0 saturated carbocycles. The van der Waals surface area contributed by atoms with Gasteiger partial charge in [0.05, 0.1) is 16.4 Å². The van der Waals surface area contributed by atoms with Crippen LogP contribution in [0.1, 0.15) is 30.8 Å². The van der Waals surface area contributed by atoms with Crippen LogP contribution < -0.4 is 5.32 Å². The second kappa shape index (κ2) is 9.05. The third kappa shape index (κ3) is 4.19. The van der Waals surface area contributed by atoms with Gasteiger partial charge in [0.2, 0.25) is 0 Å². The first-order chi connectivity index (χ1) is 14.7. The summed E-state index contributed by atoms with van der Waals surface area (Å²) in [6.45, 7) is 4.86. The first-order valence-corrected chi connectivity index (χ1v) is 10.4. The predicted octanol–water partition coefficient (Wildman–Crippen LogP) is 5.32. The lowest BCUT2D eigenvalue weighted by Gasteiger charge is -2.13. The standard InChI is InChI=1S/C23H23ClN6/c1-3-17-13-21(22(24)20(4-2)26-17)25-14-15-9-11-16(12-10-15)18-7-5-6-8-19(18)23-27-29-30-28-23/h5-13H,3-4,14H2,1-2H3,(H,25,26)(H,27,28,29,30). The summed E-state index contributed by atoms with van der Waals surface area (Å²) in [5, 5.41) is 18.4. The highest BCUT2D eigenvalue weighted by molar-refractivity contribution is 6.33. The highest BCUT2D eigenvalue weighted by atomic mass is 35.5. The van der Waals surface area contributed by atoms with Gasteiger partial charge in [-0.05, 0) is 46.0 Å². The molecule has 0 spiro atoms. The summed E-state index contributed by atoms with van der Waals surface area (Å²) in [6, 6.07) is 18.6. The number of rotatable bonds is 7. The fraction of sp³-hybridized carbons (Fsp3) is 0.217. The molecular weight excluding hydrogens is 396 g/mol. The van der Waals surface area contributed by atoms with E-state index in [1.54, 1.807) is 0 Å². The fourth-order valence-electron chi connectivity index (χ4n) is 3.40. The van der Waals surface area contributed by atoms with Crippen molar-refractivity contribution in [1.82, 2.24) is 25.6 Å². The van der Waals surface area contributed by atoms with Crippen molar-refractivity contribution in [1.29, 1.82) is 0 Å². The molecule has 0 radical (unpaired) electrons. The van der Waals surface area contributed by atoms with E-state index >= 15 is 0 Å². The average molecular weight is 419 g/mol. The summed E-state index contributed by atoms with van der Waals surface area (Å²) >= 11 is 6.53. The Bertz CT molecular complexity index is 1120. The highest BCUT2D eigenvalue weighted by Crippen LogP contribution is 2.30. The van der Waals surface area contributed by atoms with Crippen molar-refractivity contribution in [3.63, 3.8) is 0 Å². The number of nitrogens with one attached hydrogen (secondary N) is 2. The molecule has 6 nitrogen and oxygen atoms in total. The number of halogens is 1. The van der Waals surface area contributed by atoms with E-state index < -0.39 is 0 Å². The van der Waals surface area contributed by atoms with Gasteiger partial charge in [-0.15, -0.1) is 5.10 Å². The van der Waals surface area contributed by atoms with Crippen molar-refractivity contribution >= 4 is 17.3 Å². The minimum atomic E-state index is 0.655. The van der Waals surface area contributed by atoms with Crippen LogP contribution in [0, 0.1) is 0 Å². The van der Waals surface area contributed by atoms with Crippen LogP contribution in [0.4, 0.5) is 5.69 Å². The zero-order valence-corrected chi connectivity index (χ0v) is 17.7. The Kier molecular flexibility index (Phi) is 6.05. The summed E-state index contributed by atoms with van der Waals surface area (Å²) in [5.74, 6) is 0.655. The van der Waals surface area contributed by atoms with Gasteiger partial charge in [0.25, 0.3) is 0 Å². The summed E-state index contributed by atoms with van der Waals surface area (Å²) in [6.07, 6.45) is 1.70. The van der Waals surface area contributed by atoms with Crippen LogP contribution in [0.15, 0.2) is 54.6 Å². The molecule has 2 N–H and O–H groups in total. The molecule has 30 heavy (non-hydrogen) atoms. The number of tetrazole rings is 1. The minimum absolute atomic E-state index is 0.655. The molecule has 0 aliphatic rings. The molecule has 0 unspecified atom stereocenters. The van der Waals surface area contributed by atoms with Crippen LogP contribution >= 0.6 is 11.6 Å². The number of H-pyrrole nitrogens is 1. The number of hydrogen-bond acceptors (Lipinski definition) is 5. The Morgan fingerprint density at radius 3 is 2.40 bits per heavy atom. The van der Waals surface area contributed by atoms with Crippen molar-refractivity contribution in [2.24, 2.45) is 0 Å². The third-order valence-electron chi connectivity index (χ3n) is 5.05. The summed E-state index contributed by atoms with van der Waals surface area (Å²) in [7, 11) is 0. The van der Waals surface area contributed by atoms with E-state index in [-0.39, 0.29) is 0 Å². The molecule has 0 aliphatic heterocycles. The first-order valence-electron chi connectivity index (χ1n) is 10.0. The molecule has 0 atom stereocenters. The molecule has 0 bridgehead atoms. The lowest BCUT2D eigenvalue weighted by atomic mass is 9.98. The average Bonchev–Trinajstić information content (AvgIpc) is 3.33. The number of aryl methyl sites for hydroxylation is 2. The lowest BCUT2D eigenvalue weighted by Crippen LogP contribution is -2.04. The van der Waals surface area contributed by atoms with Crippen LogP contribution in [0.25, 0.3) is 22.5 Å². The van der Waals surface area contributed by atoms with E-state index in [2.05, 4.69) is 75.1 Å². The molecule has 2 aromatic heterocycles. The van der Waals surface area contributed by atoms with Crippen molar-refractivity contribution in [2.45, 2.75) is 33.2 Å². The minimum Gasteiger partial charge on any atom is -0.380 e. The smallest absolute Gasteiger partial charge is 0.180 e. The number of nitrogens with zero attached hydrogens (tertiary/aromatic N) is 4. The number of pyridine rings is 1. The van der Waals surface area contributed by atoms with Gasteiger partial charge in [0, 0.05) is 17.8 Å². The normalized spacial score (nSPS) is 10.9. The van der Waals surface area contributed by atoms with E-state index in [4.69, 9.17) is 11.6 Å². The topological polar surface area (TPSA) is 79.4 Å². The van der Waals surface area contributed by atoms with Crippen molar-refractivity contribution in [3.05, 3.63) is 76.6 Å². The van der Waals surface area contributed by atoms with Gasteiger partial charge < -0.3 is 5.32 Å². The Labute approximate surface area is 180 Å². The predicted molar refractivity (Wildman–Crippen MR) is 120 cm³/mol. The SMILES string of the molecule is CCc1cc(NCc2ccc(-c3ccccc3-c3nnn[nH]3)cc2)c(Cl)c(CC)n1. The quantitative estimate of drug-likeness (QED) is 0.424. The molecule has 4 aromatic rings. The molecule has 152 valence electrons. The zero-order valence-electron chi connectivity index (χ0n) is 17.0. The molecule has 0 aliphatic carbocycles. The van der Waals surface area contributed by atoms with Crippen molar-refractivity contribution in [3.8, 4) is 22.5 Å². The van der Waals surface area contributed by atoms with E-state index in [0.29, 0.717) is 17.4 Å². The molecule has 2 heterocycles. The van der Waals surface area contributed by atoms with Crippen LogP contribution in [-0.4, -0.2) is 25.6 Å².